The summed E-state index contributed by atoms with van der Waals surface area (Å²) >= 11 is 0. The third kappa shape index (κ3) is 3.82. The van der Waals surface area contributed by atoms with Crippen molar-refractivity contribution in [3.63, 3.8) is 0 Å². The lowest BCUT2D eigenvalue weighted by molar-refractivity contribution is 0.817. The molecule has 26 heavy (non-hydrogen) atoms. The van der Waals surface area contributed by atoms with Gasteiger partial charge in [-0.3, -0.25) is 4.98 Å². The summed E-state index contributed by atoms with van der Waals surface area (Å²) in [5.41, 5.74) is 4.96. The molecule has 3 heterocycles. The molecule has 5 heteroatoms. The maximum atomic E-state index is 4.68. The van der Waals surface area contributed by atoms with E-state index in [1.807, 2.05) is 25.3 Å². The minimum Gasteiger partial charge on any atom is -0.354 e. The lowest BCUT2D eigenvalue weighted by Crippen LogP contribution is -2.17. The van der Waals surface area contributed by atoms with Crippen molar-refractivity contribution in [3.8, 4) is 0 Å². The number of pyridine rings is 1. The second-order valence-corrected chi connectivity index (χ2v) is 6.66. The number of benzene rings is 1. The van der Waals surface area contributed by atoms with Gasteiger partial charge in [0.2, 0.25) is 5.95 Å². The van der Waals surface area contributed by atoms with Crippen molar-refractivity contribution >= 4 is 11.8 Å². The molecule has 0 unspecified atom stereocenters. The van der Waals surface area contributed by atoms with Crippen LogP contribution in [-0.2, 0) is 19.5 Å². The van der Waals surface area contributed by atoms with E-state index in [0.717, 1.165) is 49.7 Å². The van der Waals surface area contributed by atoms with E-state index in [0.29, 0.717) is 5.95 Å². The molecular weight excluding hydrogens is 322 g/mol. The van der Waals surface area contributed by atoms with Gasteiger partial charge in [0.15, 0.2) is 0 Å². The number of nitrogens with zero attached hydrogens (tertiary/aromatic N) is 4. The fourth-order valence-electron chi connectivity index (χ4n) is 3.31. The Balaban J connectivity index is 1.32. The Hall–Kier alpha value is -2.95. The smallest absolute Gasteiger partial charge is 0.224 e. The first-order valence-electron chi connectivity index (χ1n) is 9.09. The van der Waals surface area contributed by atoms with E-state index in [-0.39, 0.29) is 0 Å². The predicted molar refractivity (Wildman–Crippen MR) is 104 cm³/mol. The molecular formula is C21H23N5. The zero-order valence-corrected chi connectivity index (χ0v) is 15.0. The normalized spacial score (nSPS) is 12.9. The predicted octanol–water partition coefficient (Wildman–Crippen LogP) is 3.74. The number of anilines is 2. The number of aryl methyl sites for hydroxylation is 2. The molecule has 0 bridgehead atoms. The molecule has 0 radical (unpaired) electrons. The Morgan fingerprint density at radius 3 is 2.54 bits per heavy atom. The van der Waals surface area contributed by atoms with Crippen LogP contribution in [-0.4, -0.2) is 21.5 Å². The molecule has 0 amide bonds. The summed E-state index contributed by atoms with van der Waals surface area (Å²) in [7, 11) is 0. The Morgan fingerprint density at radius 2 is 1.77 bits per heavy atom. The van der Waals surface area contributed by atoms with E-state index in [2.05, 4.69) is 61.6 Å². The Kier molecular flexibility index (Phi) is 4.78. The number of hydrogen-bond donors (Lipinski definition) is 1. The molecule has 1 aliphatic heterocycles. The quantitative estimate of drug-likeness (QED) is 0.690. The first-order chi connectivity index (χ1) is 12.8. The van der Waals surface area contributed by atoms with Crippen LogP contribution >= 0.6 is 0 Å². The van der Waals surface area contributed by atoms with Crippen molar-refractivity contribution in [2.24, 2.45) is 0 Å². The molecule has 1 aliphatic rings. The minimum absolute atomic E-state index is 0.690. The van der Waals surface area contributed by atoms with E-state index in [4.69, 9.17) is 0 Å². The van der Waals surface area contributed by atoms with Gasteiger partial charge in [-0.05, 0) is 49.1 Å². The van der Waals surface area contributed by atoms with Gasteiger partial charge in [0.25, 0.3) is 0 Å². The molecule has 2 aromatic heterocycles. The first-order valence-corrected chi connectivity index (χ1v) is 9.09. The fraction of sp³-hybridized carbons (Fsp3) is 0.286. The van der Waals surface area contributed by atoms with Crippen LogP contribution in [0.3, 0.4) is 0 Å². The van der Waals surface area contributed by atoms with Gasteiger partial charge >= 0.3 is 0 Å². The summed E-state index contributed by atoms with van der Waals surface area (Å²) in [5, 5.41) is 3.34. The number of aromatic nitrogens is 3. The standard InChI is InChI=1S/C21H23N5/c1-16-6-4-9-19(24-16)10-5-12-22-21-23-13-11-20(25-21)26-14-17-7-2-3-8-18(17)15-26/h2-4,6-9,11,13H,5,10,12,14-15H2,1H3,(H,22,23,25). The lowest BCUT2D eigenvalue weighted by atomic mass is 10.1. The molecule has 1 aromatic carbocycles. The molecule has 0 saturated carbocycles. The largest absolute Gasteiger partial charge is 0.354 e. The third-order valence-corrected chi connectivity index (χ3v) is 4.64. The van der Waals surface area contributed by atoms with Crippen LogP contribution in [0.4, 0.5) is 11.8 Å². The van der Waals surface area contributed by atoms with Crippen molar-refractivity contribution in [1.82, 2.24) is 15.0 Å². The highest BCUT2D eigenvalue weighted by molar-refractivity contribution is 5.48. The number of fused-ring (bicyclic) bond motifs is 1. The average molecular weight is 345 g/mol. The summed E-state index contributed by atoms with van der Waals surface area (Å²) in [5.74, 6) is 1.66. The van der Waals surface area contributed by atoms with Crippen molar-refractivity contribution < 1.29 is 0 Å². The highest BCUT2D eigenvalue weighted by Gasteiger charge is 2.19. The molecule has 132 valence electrons. The Labute approximate surface area is 154 Å². The zero-order chi connectivity index (χ0) is 17.8. The summed E-state index contributed by atoms with van der Waals surface area (Å²) in [6, 6.07) is 16.7. The maximum absolute atomic E-state index is 4.68. The summed E-state index contributed by atoms with van der Waals surface area (Å²) < 4.78 is 0. The van der Waals surface area contributed by atoms with Gasteiger partial charge in [0.1, 0.15) is 5.82 Å². The van der Waals surface area contributed by atoms with Crippen LogP contribution < -0.4 is 10.2 Å². The molecule has 4 rings (SSSR count). The van der Waals surface area contributed by atoms with Gasteiger partial charge in [0, 0.05) is 37.2 Å². The van der Waals surface area contributed by atoms with Crippen LogP contribution in [0.2, 0.25) is 0 Å². The fourth-order valence-corrected chi connectivity index (χ4v) is 3.31. The zero-order valence-electron chi connectivity index (χ0n) is 15.0. The molecule has 5 nitrogen and oxygen atoms in total. The molecule has 3 aromatic rings. The van der Waals surface area contributed by atoms with Gasteiger partial charge in [-0.15, -0.1) is 0 Å². The van der Waals surface area contributed by atoms with Crippen molar-refractivity contribution in [2.75, 3.05) is 16.8 Å². The highest BCUT2D eigenvalue weighted by Crippen LogP contribution is 2.26. The van der Waals surface area contributed by atoms with Gasteiger partial charge < -0.3 is 10.2 Å². The van der Waals surface area contributed by atoms with E-state index >= 15 is 0 Å². The van der Waals surface area contributed by atoms with Crippen LogP contribution in [0.5, 0.6) is 0 Å². The Bertz CT molecular complexity index is 868. The number of rotatable bonds is 6. The molecule has 0 spiro atoms. The van der Waals surface area contributed by atoms with E-state index in [1.165, 1.54) is 11.1 Å². The van der Waals surface area contributed by atoms with Crippen molar-refractivity contribution in [2.45, 2.75) is 32.9 Å². The van der Waals surface area contributed by atoms with Crippen LogP contribution in [0.25, 0.3) is 0 Å². The van der Waals surface area contributed by atoms with Crippen LogP contribution in [0.15, 0.2) is 54.7 Å². The highest BCUT2D eigenvalue weighted by atomic mass is 15.2. The topological polar surface area (TPSA) is 53.9 Å². The van der Waals surface area contributed by atoms with Crippen molar-refractivity contribution in [3.05, 3.63) is 77.2 Å². The molecule has 0 fully saturated rings. The summed E-state index contributed by atoms with van der Waals surface area (Å²) in [6.07, 6.45) is 3.78. The van der Waals surface area contributed by atoms with Crippen LogP contribution in [0.1, 0.15) is 28.9 Å². The second-order valence-electron chi connectivity index (χ2n) is 6.66. The average Bonchev–Trinajstić information content (AvgIpc) is 3.10. The van der Waals surface area contributed by atoms with Gasteiger partial charge in [-0.1, -0.05) is 30.3 Å². The SMILES string of the molecule is Cc1cccc(CCCNc2nccc(N3Cc4ccccc4C3)n2)n1. The summed E-state index contributed by atoms with van der Waals surface area (Å²) in [6.45, 7) is 4.67. The van der Waals surface area contributed by atoms with Crippen LogP contribution in [0, 0.1) is 6.92 Å². The molecule has 0 aliphatic carbocycles. The van der Waals surface area contributed by atoms with Gasteiger partial charge in [-0.2, -0.15) is 4.98 Å². The number of nitrogens with one attached hydrogen (secondary N) is 1. The minimum atomic E-state index is 0.690. The van der Waals surface area contributed by atoms with E-state index < -0.39 is 0 Å². The molecule has 1 N–H and O–H groups in total. The van der Waals surface area contributed by atoms with Gasteiger partial charge in [0.05, 0.1) is 0 Å². The van der Waals surface area contributed by atoms with Gasteiger partial charge in [-0.25, -0.2) is 4.98 Å². The lowest BCUT2D eigenvalue weighted by Gasteiger charge is -2.17. The molecule has 0 saturated heterocycles. The van der Waals surface area contributed by atoms with E-state index in [1.54, 1.807) is 0 Å². The summed E-state index contributed by atoms with van der Waals surface area (Å²) in [4.78, 5) is 15.9. The second kappa shape index (κ2) is 7.52. The third-order valence-electron chi connectivity index (χ3n) is 4.64. The Morgan fingerprint density at radius 1 is 0.962 bits per heavy atom. The first kappa shape index (κ1) is 16.5. The van der Waals surface area contributed by atoms with E-state index in [9.17, 15) is 0 Å². The maximum Gasteiger partial charge on any atom is 0.224 e. The molecule has 0 atom stereocenters. The monoisotopic (exact) mass is 345 g/mol. The number of hydrogen-bond acceptors (Lipinski definition) is 5. The van der Waals surface area contributed by atoms with Crippen molar-refractivity contribution in [1.29, 1.82) is 0 Å².